The Labute approximate surface area is 109 Å². The molecule has 0 fully saturated rings. The SMILES string of the molecule is CC(C)(CNC(=O)CO)c1cccc(C(F)(F)F)c1. The number of carbonyl (C=O) groups excluding carboxylic acids is 1. The molecule has 0 saturated carbocycles. The largest absolute Gasteiger partial charge is 0.416 e. The average Bonchev–Trinajstić information content (AvgIpc) is 2.35. The first kappa shape index (κ1) is 15.5. The number of benzene rings is 1. The van der Waals surface area contributed by atoms with E-state index in [0.717, 1.165) is 12.1 Å². The van der Waals surface area contributed by atoms with Gasteiger partial charge in [0.1, 0.15) is 6.61 Å². The second-order valence-electron chi connectivity index (χ2n) is 4.90. The number of aliphatic hydroxyl groups is 1. The Morgan fingerprint density at radius 3 is 2.37 bits per heavy atom. The zero-order valence-electron chi connectivity index (χ0n) is 10.7. The molecule has 1 rings (SSSR count). The van der Waals surface area contributed by atoms with Crippen molar-refractivity contribution in [3.05, 3.63) is 35.4 Å². The average molecular weight is 275 g/mol. The highest BCUT2D eigenvalue weighted by molar-refractivity contribution is 5.76. The van der Waals surface area contributed by atoms with Gasteiger partial charge in [-0.05, 0) is 11.6 Å². The summed E-state index contributed by atoms with van der Waals surface area (Å²) in [6.07, 6.45) is -4.39. The van der Waals surface area contributed by atoms with Gasteiger partial charge in [0.05, 0.1) is 5.56 Å². The fourth-order valence-electron chi connectivity index (χ4n) is 1.59. The summed E-state index contributed by atoms with van der Waals surface area (Å²) in [5.41, 5.74) is -0.904. The van der Waals surface area contributed by atoms with E-state index >= 15 is 0 Å². The minimum absolute atomic E-state index is 0.147. The van der Waals surface area contributed by atoms with Crippen molar-refractivity contribution < 1.29 is 23.1 Å². The zero-order chi connectivity index (χ0) is 14.7. The molecule has 6 heteroatoms. The van der Waals surface area contributed by atoms with E-state index in [1.807, 2.05) is 0 Å². The molecule has 19 heavy (non-hydrogen) atoms. The lowest BCUT2D eigenvalue weighted by Crippen LogP contribution is -2.38. The Balaban J connectivity index is 2.92. The number of alkyl halides is 3. The standard InChI is InChI=1S/C13H16F3NO2/c1-12(2,8-17-11(19)7-18)9-4-3-5-10(6-9)13(14,15)16/h3-6,18H,7-8H2,1-2H3,(H,17,19). The van der Waals surface area contributed by atoms with E-state index in [0.29, 0.717) is 5.56 Å². The number of hydrogen-bond acceptors (Lipinski definition) is 2. The van der Waals surface area contributed by atoms with Gasteiger partial charge < -0.3 is 10.4 Å². The van der Waals surface area contributed by atoms with E-state index in [1.54, 1.807) is 19.9 Å². The molecule has 0 radical (unpaired) electrons. The third-order valence-electron chi connectivity index (χ3n) is 2.84. The fraction of sp³-hybridized carbons (Fsp3) is 0.462. The maximum absolute atomic E-state index is 12.6. The van der Waals surface area contributed by atoms with Crippen molar-refractivity contribution >= 4 is 5.91 Å². The molecule has 0 heterocycles. The van der Waals surface area contributed by atoms with Crippen molar-refractivity contribution in [3.63, 3.8) is 0 Å². The van der Waals surface area contributed by atoms with Crippen molar-refractivity contribution in [1.29, 1.82) is 0 Å². The first-order valence-corrected chi connectivity index (χ1v) is 5.72. The second-order valence-corrected chi connectivity index (χ2v) is 4.90. The predicted octanol–water partition coefficient (Wildman–Crippen LogP) is 2.09. The van der Waals surface area contributed by atoms with Crippen LogP contribution in [0.3, 0.4) is 0 Å². The van der Waals surface area contributed by atoms with Crippen LogP contribution in [0, 0.1) is 0 Å². The van der Waals surface area contributed by atoms with Gasteiger partial charge in [0, 0.05) is 12.0 Å². The Kier molecular flexibility index (Phi) is 4.57. The molecular weight excluding hydrogens is 259 g/mol. The van der Waals surface area contributed by atoms with Gasteiger partial charge in [-0.15, -0.1) is 0 Å². The molecule has 0 spiro atoms. The molecule has 0 bridgehead atoms. The summed E-state index contributed by atoms with van der Waals surface area (Å²) in [7, 11) is 0. The molecule has 0 aliphatic carbocycles. The third-order valence-corrected chi connectivity index (χ3v) is 2.84. The molecule has 1 aromatic rings. The van der Waals surface area contributed by atoms with Gasteiger partial charge in [-0.2, -0.15) is 13.2 Å². The van der Waals surface area contributed by atoms with Crippen LogP contribution < -0.4 is 5.32 Å². The number of amides is 1. The molecule has 2 N–H and O–H groups in total. The van der Waals surface area contributed by atoms with Crippen LogP contribution in [0.2, 0.25) is 0 Å². The smallest absolute Gasteiger partial charge is 0.387 e. The van der Waals surface area contributed by atoms with Gasteiger partial charge >= 0.3 is 6.18 Å². The van der Waals surface area contributed by atoms with E-state index in [1.165, 1.54) is 6.07 Å². The number of hydrogen-bond donors (Lipinski definition) is 2. The van der Waals surface area contributed by atoms with Crippen LogP contribution in [-0.4, -0.2) is 24.2 Å². The normalized spacial score (nSPS) is 12.3. The van der Waals surface area contributed by atoms with Gasteiger partial charge in [0.25, 0.3) is 0 Å². The van der Waals surface area contributed by atoms with Crippen molar-refractivity contribution in [2.24, 2.45) is 0 Å². The number of nitrogens with one attached hydrogen (secondary N) is 1. The summed E-state index contributed by atoms with van der Waals surface area (Å²) in [6, 6.07) is 5.01. The summed E-state index contributed by atoms with van der Waals surface area (Å²) in [4.78, 5) is 11.0. The van der Waals surface area contributed by atoms with Crippen molar-refractivity contribution in [3.8, 4) is 0 Å². The van der Waals surface area contributed by atoms with Crippen molar-refractivity contribution in [2.45, 2.75) is 25.4 Å². The summed E-state index contributed by atoms with van der Waals surface area (Å²) in [5, 5.41) is 11.1. The van der Waals surface area contributed by atoms with Crippen LogP contribution in [0.4, 0.5) is 13.2 Å². The summed E-state index contributed by atoms with van der Waals surface area (Å²) >= 11 is 0. The lowest BCUT2D eigenvalue weighted by molar-refractivity contribution is -0.137. The van der Waals surface area contributed by atoms with E-state index < -0.39 is 29.7 Å². The van der Waals surface area contributed by atoms with Crippen LogP contribution in [0.15, 0.2) is 24.3 Å². The zero-order valence-corrected chi connectivity index (χ0v) is 10.7. The minimum atomic E-state index is -4.39. The Morgan fingerprint density at radius 2 is 1.84 bits per heavy atom. The van der Waals surface area contributed by atoms with Crippen LogP contribution in [0.1, 0.15) is 25.0 Å². The lowest BCUT2D eigenvalue weighted by Gasteiger charge is -2.26. The maximum atomic E-state index is 12.6. The first-order chi connectivity index (χ1) is 8.66. The van der Waals surface area contributed by atoms with Crippen LogP contribution in [0.5, 0.6) is 0 Å². The van der Waals surface area contributed by atoms with E-state index in [2.05, 4.69) is 5.32 Å². The molecule has 0 aliphatic heterocycles. The monoisotopic (exact) mass is 275 g/mol. The van der Waals surface area contributed by atoms with Crippen molar-refractivity contribution in [1.82, 2.24) is 5.32 Å². The molecule has 0 atom stereocenters. The maximum Gasteiger partial charge on any atom is 0.416 e. The highest BCUT2D eigenvalue weighted by Gasteiger charge is 2.32. The van der Waals surface area contributed by atoms with Gasteiger partial charge in [-0.1, -0.05) is 32.0 Å². The summed E-state index contributed by atoms with van der Waals surface area (Å²) < 4.78 is 37.9. The minimum Gasteiger partial charge on any atom is -0.387 e. The van der Waals surface area contributed by atoms with Gasteiger partial charge in [-0.3, -0.25) is 4.79 Å². The van der Waals surface area contributed by atoms with Crippen LogP contribution in [-0.2, 0) is 16.4 Å². The Hall–Kier alpha value is -1.56. The number of carbonyl (C=O) groups is 1. The third kappa shape index (κ3) is 4.24. The number of halogens is 3. The topological polar surface area (TPSA) is 49.3 Å². The molecule has 106 valence electrons. The molecule has 3 nitrogen and oxygen atoms in total. The van der Waals surface area contributed by atoms with Gasteiger partial charge in [0.2, 0.25) is 5.91 Å². The quantitative estimate of drug-likeness (QED) is 0.884. The number of rotatable bonds is 4. The van der Waals surface area contributed by atoms with E-state index in [9.17, 15) is 18.0 Å². The van der Waals surface area contributed by atoms with E-state index in [4.69, 9.17) is 5.11 Å². The summed E-state index contributed by atoms with van der Waals surface area (Å²) in [5.74, 6) is -0.556. The van der Waals surface area contributed by atoms with Gasteiger partial charge in [0.15, 0.2) is 0 Å². The molecular formula is C13H16F3NO2. The van der Waals surface area contributed by atoms with Crippen LogP contribution >= 0.6 is 0 Å². The molecule has 0 unspecified atom stereocenters. The molecule has 0 saturated heterocycles. The van der Waals surface area contributed by atoms with Gasteiger partial charge in [-0.25, -0.2) is 0 Å². The highest BCUT2D eigenvalue weighted by Crippen LogP contribution is 2.32. The Morgan fingerprint density at radius 1 is 1.26 bits per heavy atom. The highest BCUT2D eigenvalue weighted by atomic mass is 19.4. The molecule has 1 aromatic carbocycles. The molecule has 0 aliphatic rings. The Bertz CT molecular complexity index is 455. The van der Waals surface area contributed by atoms with E-state index in [-0.39, 0.29) is 6.54 Å². The molecule has 1 amide bonds. The predicted molar refractivity (Wildman–Crippen MR) is 64.6 cm³/mol. The first-order valence-electron chi connectivity index (χ1n) is 5.72. The molecule has 0 aromatic heterocycles. The lowest BCUT2D eigenvalue weighted by atomic mass is 9.83. The second kappa shape index (κ2) is 5.61. The number of aliphatic hydroxyl groups excluding tert-OH is 1. The fourth-order valence-corrected chi connectivity index (χ4v) is 1.59. The van der Waals surface area contributed by atoms with Crippen LogP contribution in [0.25, 0.3) is 0 Å². The summed E-state index contributed by atoms with van der Waals surface area (Å²) in [6.45, 7) is 2.95. The van der Waals surface area contributed by atoms with Crippen molar-refractivity contribution in [2.75, 3.05) is 13.2 Å².